The van der Waals surface area contributed by atoms with Crippen LogP contribution in [-0.2, 0) is 11.2 Å². The predicted molar refractivity (Wildman–Crippen MR) is 64.1 cm³/mol. The number of nitrogens with one attached hydrogen (secondary N) is 1. The molecule has 0 fully saturated rings. The second-order valence-electron chi connectivity index (χ2n) is 3.73. The van der Waals surface area contributed by atoms with Gasteiger partial charge in [-0.3, -0.25) is 4.79 Å². The summed E-state index contributed by atoms with van der Waals surface area (Å²) in [6.45, 7) is 1.77. The highest BCUT2D eigenvalue weighted by atomic mass is 16.3. The first-order valence-corrected chi connectivity index (χ1v) is 5.43. The molecule has 4 N–H and O–H groups in total. The Morgan fingerprint density at radius 3 is 2.56 bits per heavy atom. The van der Waals surface area contributed by atoms with Crippen molar-refractivity contribution in [3.05, 3.63) is 29.8 Å². The highest BCUT2D eigenvalue weighted by Crippen LogP contribution is 2.11. The quantitative estimate of drug-likeness (QED) is 0.692. The number of nitrogens with two attached hydrogens (primary N) is 1. The van der Waals surface area contributed by atoms with Crippen LogP contribution in [0.25, 0.3) is 0 Å². The van der Waals surface area contributed by atoms with E-state index in [4.69, 9.17) is 10.8 Å². The lowest BCUT2D eigenvalue weighted by Gasteiger charge is -2.09. The van der Waals surface area contributed by atoms with Crippen molar-refractivity contribution in [1.82, 2.24) is 0 Å². The van der Waals surface area contributed by atoms with Gasteiger partial charge in [0.1, 0.15) is 6.04 Å². The van der Waals surface area contributed by atoms with Crippen LogP contribution in [0.15, 0.2) is 24.3 Å². The van der Waals surface area contributed by atoms with Crippen LogP contribution in [0.1, 0.15) is 18.9 Å². The Balaban J connectivity index is 2.58. The molecular weight excluding hydrogens is 204 g/mol. The summed E-state index contributed by atoms with van der Waals surface area (Å²) < 4.78 is 0. The second-order valence-corrected chi connectivity index (χ2v) is 3.73. The average Bonchev–Trinajstić information content (AvgIpc) is 2.31. The van der Waals surface area contributed by atoms with Gasteiger partial charge in [-0.15, -0.1) is 0 Å². The van der Waals surface area contributed by atoms with Crippen LogP contribution >= 0.6 is 0 Å². The summed E-state index contributed by atoms with van der Waals surface area (Å²) in [5.74, 6) is -0.370. The number of anilines is 1. The molecule has 1 atom stereocenters. The van der Waals surface area contributed by atoms with Crippen molar-refractivity contribution in [2.75, 3.05) is 11.9 Å². The summed E-state index contributed by atoms with van der Waals surface area (Å²) in [5.41, 5.74) is 7.32. The summed E-state index contributed by atoms with van der Waals surface area (Å²) in [4.78, 5) is 11.4. The van der Waals surface area contributed by atoms with Gasteiger partial charge in [-0.25, -0.2) is 0 Å². The third kappa shape index (κ3) is 3.64. The fourth-order valence-electron chi connectivity index (χ4n) is 1.36. The van der Waals surface area contributed by atoms with Crippen molar-refractivity contribution in [1.29, 1.82) is 0 Å². The number of benzene rings is 1. The fraction of sp³-hybridized carbons (Fsp3) is 0.417. The average molecular weight is 222 g/mol. The number of hydrogen-bond acceptors (Lipinski definition) is 3. The Morgan fingerprint density at radius 2 is 2.06 bits per heavy atom. The standard InChI is InChI=1S/C12H18N2O2/c1-2-3-9-4-6-10(7-5-9)14-12(16)11(13)8-15/h4-7,11,15H,2-3,8,13H2,1H3,(H,14,16). The van der Waals surface area contributed by atoms with Crippen LogP contribution in [0.3, 0.4) is 0 Å². The van der Waals surface area contributed by atoms with Gasteiger partial charge in [-0.2, -0.15) is 0 Å². The van der Waals surface area contributed by atoms with Crippen LogP contribution in [-0.4, -0.2) is 23.7 Å². The van der Waals surface area contributed by atoms with Gasteiger partial charge in [0.25, 0.3) is 0 Å². The van der Waals surface area contributed by atoms with E-state index in [1.165, 1.54) is 5.56 Å². The molecule has 1 rings (SSSR count). The molecule has 1 unspecified atom stereocenters. The number of amides is 1. The topological polar surface area (TPSA) is 75.4 Å². The summed E-state index contributed by atoms with van der Waals surface area (Å²) >= 11 is 0. The Morgan fingerprint density at radius 1 is 1.44 bits per heavy atom. The molecule has 0 aliphatic rings. The molecule has 0 aliphatic heterocycles. The maximum Gasteiger partial charge on any atom is 0.243 e. The van der Waals surface area contributed by atoms with E-state index in [-0.39, 0.29) is 12.5 Å². The molecule has 0 saturated heterocycles. The molecule has 4 heteroatoms. The number of carbonyl (C=O) groups is 1. The Kier molecular flexibility index (Phi) is 4.95. The van der Waals surface area contributed by atoms with Crippen molar-refractivity contribution >= 4 is 11.6 Å². The molecule has 0 aromatic heterocycles. The van der Waals surface area contributed by atoms with E-state index in [0.29, 0.717) is 5.69 Å². The molecule has 1 amide bonds. The van der Waals surface area contributed by atoms with Crippen molar-refractivity contribution in [3.8, 4) is 0 Å². The molecule has 0 bridgehead atoms. The summed E-state index contributed by atoms with van der Waals surface area (Å²) in [7, 11) is 0. The number of aliphatic hydroxyl groups is 1. The molecule has 0 radical (unpaired) electrons. The lowest BCUT2D eigenvalue weighted by Crippen LogP contribution is -2.38. The number of aryl methyl sites for hydroxylation is 1. The molecule has 0 spiro atoms. The molecule has 16 heavy (non-hydrogen) atoms. The van der Waals surface area contributed by atoms with Gasteiger partial charge in [0.2, 0.25) is 5.91 Å². The minimum atomic E-state index is -0.865. The van der Waals surface area contributed by atoms with E-state index in [1.807, 2.05) is 24.3 Å². The molecule has 0 saturated carbocycles. The van der Waals surface area contributed by atoms with Gasteiger partial charge in [0, 0.05) is 5.69 Å². The van der Waals surface area contributed by atoms with Gasteiger partial charge < -0.3 is 16.2 Å². The maximum atomic E-state index is 11.4. The van der Waals surface area contributed by atoms with Crippen LogP contribution in [0.4, 0.5) is 5.69 Å². The fourth-order valence-corrected chi connectivity index (χ4v) is 1.36. The number of aliphatic hydroxyl groups excluding tert-OH is 1. The normalized spacial score (nSPS) is 12.2. The van der Waals surface area contributed by atoms with E-state index in [0.717, 1.165) is 12.8 Å². The number of rotatable bonds is 5. The minimum Gasteiger partial charge on any atom is -0.394 e. The lowest BCUT2D eigenvalue weighted by molar-refractivity contribution is -0.118. The first kappa shape index (κ1) is 12.7. The zero-order chi connectivity index (χ0) is 12.0. The van der Waals surface area contributed by atoms with Gasteiger partial charge >= 0.3 is 0 Å². The van der Waals surface area contributed by atoms with Crippen LogP contribution in [0, 0.1) is 0 Å². The summed E-state index contributed by atoms with van der Waals surface area (Å²) in [6, 6.07) is 6.77. The summed E-state index contributed by atoms with van der Waals surface area (Å²) in [6.07, 6.45) is 2.13. The van der Waals surface area contributed by atoms with E-state index in [1.54, 1.807) is 0 Å². The molecule has 0 heterocycles. The largest absolute Gasteiger partial charge is 0.394 e. The van der Waals surface area contributed by atoms with Gasteiger partial charge in [-0.1, -0.05) is 25.5 Å². The van der Waals surface area contributed by atoms with E-state index >= 15 is 0 Å². The zero-order valence-corrected chi connectivity index (χ0v) is 9.44. The molecule has 1 aromatic rings. The lowest BCUT2D eigenvalue weighted by atomic mass is 10.1. The van der Waals surface area contributed by atoms with Crippen molar-refractivity contribution in [2.45, 2.75) is 25.8 Å². The molecule has 1 aromatic carbocycles. The maximum absolute atomic E-state index is 11.4. The zero-order valence-electron chi connectivity index (χ0n) is 9.44. The van der Waals surface area contributed by atoms with E-state index in [2.05, 4.69) is 12.2 Å². The second kappa shape index (κ2) is 6.25. The van der Waals surface area contributed by atoms with Gasteiger partial charge in [0.15, 0.2) is 0 Å². The van der Waals surface area contributed by atoms with Crippen molar-refractivity contribution in [3.63, 3.8) is 0 Å². The Bertz CT molecular complexity index is 335. The monoisotopic (exact) mass is 222 g/mol. The first-order chi connectivity index (χ1) is 7.67. The molecule has 4 nitrogen and oxygen atoms in total. The molecule has 0 aliphatic carbocycles. The predicted octanol–water partition coefficient (Wildman–Crippen LogP) is 0.897. The summed E-state index contributed by atoms with van der Waals surface area (Å²) in [5, 5.41) is 11.3. The van der Waals surface area contributed by atoms with Crippen LogP contribution in [0.2, 0.25) is 0 Å². The van der Waals surface area contributed by atoms with E-state index in [9.17, 15) is 4.79 Å². The van der Waals surface area contributed by atoms with Crippen LogP contribution in [0.5, 0.6) is 0 Å². The highest BCUT2D eigenvalue weighted by Gasteiger charge is 2.11. The van der Waals surface area contributed by atoms with Crippen molar-refractivity contribution in [2.24, 2.45) is 5.73 Å². The Labute approximate surface area is 95.5 Å². The van der Waals surface area contributed by atoms with Gasteiger partial charge in [-0.05, 0) is 24.1 Å². The van der Waals surface area contributed by atoms with Gasteiger partial charge in [0.05, 0.1) is 6.61 Å². The van der Waals surface area contributed by atoms with E-state index < -0.39 is 6.04 Å². The third-order valence-electron chi connectivity index (χ3n) is 2.29. The number of hydrogen-bond donors (Lipinski definition) is 3. The molecule has 88 valence electrons. The SMILES string of the molecule is CCCc1ccc(NC(=O)C(N)CO)cc1. The Hall–Kier alpha value is -1.39. The minimum absolute atomic E-state index is 0.347. The van der Waals surface area contributed by atoms with Crippen molar-refractivity contribution < 1.29 is 9.90 Å². The number of carbonyl (C=O) groups excluding carboxylic acids is 1. The molecular formula is C12H18N2O2. The third-order valence-corrected chi connectivity index (χ3v) is 2.29. The first-order valence-electron chi connectivity index (χ1n) is 5.43. The smallest absolute Gasteiger partial charge is 0.243 e. The highest BCUT2D eigenvalue weighted by molar-refractivity contribution is 5.94. The van der Waals surface area contributed by atoms with Crippen LogP contribution < -0.4 is 11.1 Å².